The first kappa shape index (κ1) is 11.3. The van der Waals surface area contributed by atoms with E-state index in [0.717, 1.165) is 5.56 Å². The molecule has 1 aliphatic heterocycles. The molecule has 0 radical (unpaired) electrons. The molecule has 1 saturated heterocycles. The van der Waals surface area contributed by atoms with Gasteiger partial charge in [-0.2, -0.15) is 0 Å². The number of ether oxygens (including phenoxy) is 1. The lowest BCUT2D eigenvalue weighted by molar-refractivity contribution is 0.00897. The summed E-state index contributed by atoms with van der Waals surface area (Å²) in [6, 6.07) is 6.17. The zero-order valence-electron chi connectivity index (χ0n) is 8.90. The minimum Gasteiger partial charge on any atom is -0.374 e. The molecule has 0 unspecified atom stereocenters. The summed E-state index contributed by atoms with van der Waals surface area (Å²) in [5.74, 6) is -0.255. The standard InChI is InChI=1S/C13H14F2O/c14-11-4-1-10(2-5-11)3-6-13-9-12(15)7-8-16-13/h1-6,12-13H,7-9H2/b6-3+/t12-,13+/m0/s1. The summed E-state index contributed by atoms with van der Waals surface area (Å²) in [6.07, 6.45) is 3.64. The third-order valence-electron chi connectivity index (χ3n) is 2.62. The predicted octanol–water partition coefficient (Wildman–Crippen LogP) is 3.36. The van der Waals surface area contributed by atoms with Gasteiger partial charge in [0.25, 0.3) is 0 Å². The molecule has 3 heteroatoms. The van der Waals surface area contributed by atoms with Crippen LogP contribution in [0.3, 0.4) is 0 Å². The van der Waals surface area contributed by atoms with Gasteiger partial charge in [0.05, 0.1) is 12.7 Å². The Balaban J connectivity index is 1.95. The van der Waals surface area contributed by atoms with Crippen molar-refractivity contribution in [3.63, 3.8) is 0 Å². The zero-order chi connectivity index (χ0) is 11.4. The summed E-state index contributed by atoms with van der Waals surface area (Å²) in [7, 11) is 0. The fourth-order valence-corrected chi connectivity index (χ4v) is 1.71. The summed E-state index contributed by atoms with van der Waals surface area (Å²) >= 11 is 0. The molecule has 1 aromatic rings. The number of rotatable bonds is 2. The molecule has 0 spiro atoms. The summed E-state index contributed by atoms with van der Waals surface area (Å²) in [5.41, 5.74) is 0.894. The molecule has 0 amide bonds. The van der Waals surface area contributed by atoms with Crippen LogP contribution in [0.4, 0.5) is 8.78 Å². The Morgan fingerprint density at radius 2 is 2.00 bits per heavy atom. The third-order valence-corrected chi connectivity index (χ3v) is 2.62. The van der Waals surface area contributed by atoms with Crippen molar-refractivity contribution >= 4 is 6.08 Å². The Labute approximate surface area is 93.7 Å². The van der Waals surface area contributed by atoms with Gasteiger partial charge >= 0.3 is 0 Å². The average molecular weight is 224 g/mol. The second-order valence-electron chi connectivity index (χ2n) is 3.94. The van der Waals surface area contributed by atoms with Gasteiger partial charge in [0.1, 0.15) is 12.0 Å². The molecule has 1 heterocycles. The lowest BCUT2D eigenvalue weighted by atomic mass is 10.1. The molecule has 0 aromatic heterocycles. The van der Waals surface area contributed by atoms with Crippen LogP contribution in [0.2, 0.25) is 0 Å². The second kappa shape index (κ2) is 5.21. The van der Waals surface area contributed by atoms with Crippen LogP contribution in [0.1, 0.15) is 18.4 Å². The maximum absolute atomic E-state index is 13.0. The second-order valence-corrected chi connectivity index (χ2v) is 3.94. The first-order valence-electron chi connectivity index (χ1n) is 5.43. The zero-order valence-corrected chi connectivity index (χ0v) is 8.90. The van der Waals surface area contributed by atoms with Gasteiger partial charge in [-0.3, -0.25) is 0 Å². The van der Waals surface area contributed by atoms with E-state index in [4.69, 9.17) is 4.74 Å². The van der Waals surface area contributed by atoms with E-state index >= 15 is 0 Å². The summed E-state index contributed by atoms with van der Waals surface area (Å²) in [4.78, 5) is 0. The molecule has 1 fully saturated rings. The molecule has 86 valence electrons. The van der Waals surface area contributed by atoms with Gasteiger partial charge in [0.2, 0.25) is 0 Å². The van der Waals surface area contributed by atoms with Gasteiger partial charge in [-0.1, -0.05) is 24.3 Å². The van der Waals surface area contributed by atoms with Crippen LogP contribution in [0, 0.1) is 5.82 Å². The van der Waals surface area contributed by atoms with Crippen LogP contribution in [0.15, 0.2) is 30.3 Å². The Kier molecular flexibility index (Phi) is 3.67. The van der Waals surface area contributed by atoms with E-state index in [-0.39, 0.29) is 11.9 Å². The van der Waals surface area contributed by atoms with E-state index in [0.29, 0.717) is 19.4 Å². The molecular weight excluding hydrogens is 210 g/mol. The predicted molar refractivity (Wildman–Crippen MR) is 59.3 cm³/mol. The van der Waals surface area contributed by atoms with Gasteiger partial charge < -0.3 is 4.74 Å². The third kappa shape index (κ3) is 3.14. The number of hydrogen-bond acceptors (Lipinski definition) is 1. The van der Waals surface area contributed by atoms with Crippen LogP contribution < -0.4 is 0 Å². The fourth-order valence-electron chi connectivity index (χ4n) is 1.71. The SMILES string of the molecule is Fc1ccc(/C=C/[C@@H]2C[C@@H](F)CCO2)cc1. The van der Waals surface area contributed by atoms with Crippen LogP contribution in [0.5, 0.6) is 0 Å². The van der Waals surface area contributed by atoms with Crippen molar-refractivity contribution in [3.05, 3.63) is 41.7 Å². The quantitative estimate of drug-likeness (QED) is 0.748. The van der Waals surface area contributed by atoms with Crippen molar-refractivity contribution < 1.29 is 13.5 Å². The van der Waals surface area contributed by atoms with E-state index in [9.17, 15) is 8.78 Å². The highest BCUT2D eigenvalue weighted by Gasteiger charge is 2.19. The highest BCUT2D eigenvalue weighted by molar-refractivity contribution is 5.49. The van der Waals surface area contributed by atoms with Crippen molar-refractivity contribution in [2.75, 3.05) is 6.61 Å². The topological polar surface area (TPSA) is 9.23 Å². The average Bonchev–Trinajstić information content (AvgIpc) is 2.28. The van der Waals surface area contributed by atoms with E-state index < -0.39 is 6.17 Å². The van der Waals surface area contributed by atoms with E-state index in [1.807, 2.05) is 12.2 Å². The smallest absolute Gasteiger partial charge is 0.123 e. The molecule has 1 aliphatic rings. The van der Waals surface area contributed by atoms with Crippen LogP contribution in [-0.4, -0.2) is 18.9 Å². The van der Waals surface area contributed by atoms with Gasteiger partial charge in [-0.05, 0) is 17.7 Å². The summed E-state index contributed by atoms with van der Waals surface area (Å²) < 4.78 is 31.1. The van der Waals surface area contributed by atoms with Crippen molar-refractivity contribution in [1.82, 2.24) is 0 Å². The van der Waals surface area contributed by atoms with Crippen molar-refractivity contribution in [2.24, 2.45) is 0 Å². The summed E-state index contributed by atoms with van der Waals surface area (Å²) in [5, 5.41) is 0. The largest absolute Gasteiger partial charge is 0.374 e. The van der Waals surface area contributed by atoms with Crippen LogP contribution in [-0.2, 0) is 4.74 Å². The minimum absolute atomic E-state index is 0.159. The molecule has 2 rings (SSSR count). The fraction of sp³-hybridized carbons (Fsp3) is 0.385. The summed E-state index contributed by atoms with van der Waals surface area (Å²) in [6.45, 7) is 0.472. The number of halogens is 2. The number of hydrogen-bond donors (Lipinski definition) is 0. The van der Waals surface area contributed by atoms with Gasteiger partial charge in [0, 0.05) is 12.8 Å². The molecule has 0 aliphatic carbocycles. The number of alkyl halides is 1. The van der Waals surface area contributed by atoms with E-state index in [2.05, 4.69) is 0 Å². The minimum atomic E-state index is -0.767. The lowest BCUT2D eigenvalue weighted by Gasteiger charge is -2.22. The van der Waals surface area contributed by atoms with E-state index in [1.54, 1.807) is 12.1 Å². The molecule has 16 heavy (non-hydrogen) atoms. The maximum atomic E-state index is 13.0. The Morgan fingerprint density at radius 1 is 1.25 bits per heavy atom. The van der Waals surface area contributed by atoms with E-state index in [1.165, 1.54) is 12.1 Å². The Bertz CT molecular complexity index is 359. The Hall–Kier alpha value is -1.22. The van der Waals surface area contributed by atoms with Gasteiger partial charge in [-0.25, -0.2) is 8.78 Å². The van der Waals surface area contributed by atoms with Crippen molar-refractivity contribution in [3.8, 4) is 0 Å². The molecule has 0 N–H and O–H groups in total. The molecule has 0 bridgehead atoms. The number of benzene rings is 1. The Morgan fingerprint density at radius 3 is 2.69 bits per heavy atom. The van der Waals surface area contributed by atoms with Crippen LogP contribution >= 0.6 is 0 Å². The molecule has 1 nitrogen and oxygen atoms in total. The molecular formula is C13H14F2O. The monoisotopic (exact) mass is 224 g/mol. The van der Waals surface area contributed by atoms with Crippen molar-refractivity contribution in [1.29, 1.82) is 0 Å². The molecule has 1 aromatic carbocycles. The molecule has 0 saturated carbocycles. The highest BCUT2D eigenvalue weighted by Crippen LogP contribution is 2.18. The maximum Gasteiger partial charge on any atom is 0.123 e. The van der Waals surface area contributed by atoms with Crippen LogP contribution in [0.25, 0.3) is 6.08 Å². The van der Waals surface area contributed by atoms with Crippen molar-refractivity contribution in [2.45, 2.75) is 25.1 Å². The van der Waals surface area contributed by atoms with Gasteiger partial charge in [0.15, 0.2) is 0 Å². The first-order valence-corrected chi connectivity index (χ1v) is 5.43. The normalized spacial score (nSPS) is 26.1. The molecule has 2 atom stereocenters. The first-order chi connectivity index (χ1) is 7.74. The highest BCUT2D eigenvalue weighted by atomic mass is 19.1. The van der Waals surface area contributed by atoms with Gasteiger partial charge in [-0.15, -0.1) is 0 Å². The lowest BCUT2D eigenvalue weighted by Crippen LogP contribution is -2.24.